The van der Waals surface area contributed by atoms with Crippen LogP contribution in [-0.2, 0) is 0 Å². The number of benzene rings is 5. The van der Waals surface area contributed by atoms with E-state index in [1.165, 1.54) is 10.8 Å². The molecule has 0 aliphatic carbocycles. The lowest BCUT2D eigenvalue weighted by Gasteiger charge is -2.12. The molecule has 0 saturated carbocycles. The molecule has 0 N–H and O–H groups in total. The maximum Gasteiger partial charge on any atom is 0.164 e. The zero-order valence-electron chi connectivity index (χ0n) is 28.0. The summed E-state index contributed by atoms with van der Waals surface area (Å²) in [5.41, 5.74) is 10.2. The van der Waals surface area contributed by atoms with Crippen LogP contribution in [0.1, 0.15) is 0 Å². The van der Waals surface area contributed by atoms with Gasteiger partial charge in [0.1, 0.15) is 0 Å². The molecule has 0 fully saturated rings. The van der Waals surface area contributed by atoms with Crippen LogP contribution in [0.25, 0.3) is 90.0 Å². The first-order valence-corrected chi connectivity index (χ1v) is 17.1. The number of aromatic nitrogens is 6. The summed E-state index contributed by atoms with van der Waals surface area (Å²) in [5.74, 6) is 1.89. The van der Waals surface area contributed by atoms with Crippen molar-refractivity contribution in [3.63, 3.8) is 0 Å². The van der Waals surface area contributed by atoms with Gasteiger partial charge >= 0.3 is 0 Å². The fourth-order valence-corrected chi connectivity index (χ4v) is 6.41. The highest BCUT2D eigenvalue weighted by Crippen LogP contribution is 2.34. The molecule has 4 aromatic heterocycles. The third kappa shape index (κ3) is 6.21. The smallest absolute Gasteiger partial charge is 0.164 e. The highest BCUT2D eigenvalue weighted by Gasteiger charge is 2.14. The molecular formula is C46H30N6. The van der Waals surface area contributed by atoms with Crippen LogP contribution in [0, 0.1) is 0 Å². The molecule has 4 heterocycles. The lowest BCUT2D eigenvalue weighted by atomic mass is 9.97. The Bertz CT molecular complexity index is 2580. The fourth-order valence-electron chi connectivity index (χ4n) is 6.41. The maximum absolute atomic E-state index is 5.04. The van der Waals surface area contributed by atoms with Crippen molar-refractivity contribution < 1.29 is 0 Å². The molecule has 0 saturated heterocycles. The molecule has 52 heavy (non-hydrogen) atoms. The van der Waals surface area contributed by atoms with Crippen LogP contribution >= 0.6 is 0 Å². The van der Waals surface area contributed by atoms with Gasteiger partial charge in [0.15, 0.2) is 17.5 Å². The Kier molecular flexibility index (Phi) is 8.08. The molecule has 6 heteroatoms. The number of pyridine rings is 3. The van der Waals surface area contributed by atoms with Crippen molar-refractivity contribution in [2.45, 2.75) is 0 Å². The minimum atomic E-state index is 0.619. The Morgan fingerprint density at radius 1 is 0.308 bits per heavy atom. The number of fused-ring (bicyclic) bond motifs is 1. The predicted molar refractivity (Wildman–Crippen MR) is 209 cm³/mol. The number of rotatable bonds is 7. The van der Waals surface area contributed by atoms with Gasteiger partial charge in [0.2, 0.25) is 0 Å². The van der Waals surface area contributed by atoms with Gasteiger partial charge in [0.05, 0.1) is 22.8 Å². The summed E-state index contributed by atoms with van der Waals surface area (Å²) in [6, 6.07) is 57.4. The quantitative estimate of drug-likeness (QED) is 0.168. The Morgan fingerprint density at radius 3 is 1.46 bits per heavy atom. The van der Waals surface area contributed by atoms with E-state index in [9.17, 15) is 0 Å². The summed E-state index contributed by atoms with van der Waals surface area (Å²) in [6.45, 7) is 0. The molecule has 0 amide bonds. The highest BCUT2D eigenvalue weighted by atomic mass is 15.0. The van der Waals surface area contributed by atoms with E-state index in [1.807, 2.05) is 91.1 Å². The van der Waals surface area contributed by atoms with Crippen molar-refractivity contribution in [2.24, 2.45) is 0 Å². The lowest BCUT2D eigenvalue weighted by Crippen LogP contribution is -2.00. The van der Waals surface area contributed by atoms with E-state index in [4.69, 9.17) is 24.9 Å². The number of hydrogen-bond donors (Lipinski definition) is 0. The number of hydrogen-bond acceptors (Lipinski definition) is 6. The van der Waals surface area contributed by atoms with E-state index in [1.54, 1.807) is 6.20 Å². The van der Waals surface area contributed by atoms with E-state index in [-0.39, 0.29) is 0 Å². The second-order valence-corrected chi connectivity index (χ2v) is 12.4. The van der Waals surface area contributed by atoms with Gasteiger partial charge in [-0.05, 0) is 57.8 Å². The first-order chi connectivity index (χ1) is 25.7. The van der Waals surface area contributed by atoms with Gasteiger partial charge in [0.25, 0.3) is 0 Å². The molecule has 5 aromatic carbocycles. The topological polar surface area (TPSA) is 77.3 Å². The summed E-state index contributed by atoms with van der Waals surface area (Å²) in [7, 11) is 0. The first-order valence-electron chi connectivity index (χ1n) is 17.1. The van der Waals surface area contributed by atoms with E-state index < -0.39 is 0 Å². The van der Waals surface area contributed by atoms with Crippen molar-refractivity contribution in [2.75, 3.05) is 0 Å². The molecule has 9 aromatic rings. The maximum atomic E-state index is 5.04. The predicted octanol–water partition coefficient (Wildman–Crippen LogP) is 10.9. The molecule has 6 nitrogen and oxygen atoms in total. The molecule has 9 rings (SSSR count). The summed E-state index contributed by atoms with van der Waals surface area (Å²) in [4.78, 5) is 29.1. The average Bonchev–Trinajstić information content (AvgIpc) is 3.24. The van der Waals surface area contributed by atoms with Gasteiger partial charge in [-0.15, -0.1) is 0 Å². The van der Waals surface area contributed by atoms with Crippen molar-refractivity contribution >= 4 is 10.8 Å². The van der Waals surface area contributed by atoms with Crippen molar-refractivity contribution in [1.29, 1.82) is 0 Å². The van der Waals surface area contributed by atoms with Crippen molar-refractivity contribution in [3.8, 4) is 79.2 Å². The van der Waals surface area contributed by atoms with Gasteiger partial charge < -0.3 is 0 Å². The summed E-state index contributed by atoms with van der Waals surface area (Å²) in [5, 5.41) is 2.38. The second kappa shape index (κ2) is 13.6. The van der Waals surface area contributed by atoms with Crippen LogP contribution < -0.4 is 0 Å². The zero-order chi connectivity index (χ0) is 34.7. The van der Waals surface area contributed by atoms with Crippen LogP contribution in [0.15, 0.2) is 182 Å². The minimum absolute atomic E-state index is 0.619. The monoisotopic (exact) mass is 666 g/mol. The van der Waals surface area contributed by atoms with Gasteiger partial charge in [-0.2, -0.15) is 0 Å². The Hall–Kier alpha value is -7.18. The van der Waals surface area contributed by atoms with Gasteiger partial charge in [-0.25, -0.2) is 19.9 Å². The third-order valence-electron chi connectivity index (χ3n) is 9.06. The molecule has 0 radical (unpaired) electrons. The molecule has 0 spiro atoms. The molecule has 0 atom stereocenters. The van der Waals surface area contributed by atoms with E-state index in [0.29, 0.717) is 17.5 Å². The highest BCUT2D eigenvalue weighted by molar-refractivity contribution is 5.97. The van der Waals surface area contributed by atoms with Crippen molar-refractivity contribution in [3.05, 3.63) is 182 Å². The Balaban J connectivity index is 1.05. The van der Waals surface area contributed by atoms with Crippen LogP contribution in [0.4, 0.5) is 0 Å². The third-order valence-corrected chi connectivity index (χ3v) is 9.06. The Labute approximate surface area is 301 Å². The largest absolute Gasteiger partial charge is 0.255 e. The minimum Gasteiger partial charge on any atom is -0.255 e. The van der Waals surface area contributed by atoms with Gasteiger partial charge in [-0.1, -0.05) is 140 Å². The molecular weight excluding hydrogens is 637 g/mol. The molecule has 0 unspecified atom stereocenters. The first kappa shape index (κ1) is 30.8. The zero-order valence-corrected chi connectivity index (χ0v) is 28.0. The van der Waals surface area contributed by atoms with Gasteiger partial charge in [-0.3, -0.25) is 9.97 Å². The summed E-state index contributed by atoms with van der Waals surface area (Å²) >= 11 is 0. The summed E-state index contributed by atoms with van der Waals surface area (Å²) < 4.78 is 0. The molecule has 0 bridgehead atoms. The van der Waals surface area contributed by atoms with Crippen LogP contribution in [-0.4, -0.2) is 29.9 Å². The average molecular weight is 667 g/mol. The fraction of sp³-hybridized carbons (Fsp3) is 0. The lowest BCUT2D eigenvalue weighted by molar-refractivity contribution is 1.07. The molecule has 0 aliphatic rings. The van der Waals surface area contributed by atoms with E-state index in [2.05, 4.69) is 89.9 Å². The molecule has 0 aliphatic heterocycles. The van der Waals surface area contributed by atoms with Crippen LogP contribution in [0.5, 0.6) is 0 Å². The number of nitrogens with zero attached hydrogens (tertiary/aromatic N) is 6. The van der Waals surface area contributed by atoms with E-state index in [0.717, 1.165) is 61.7 Å². The Morgan fingerprint density at radius 2 is 0.846 bits per heavy atom. The standard InChI is InChI=1S/C46H30N6/c1-3-13-33(14-4-1)44-50-45(34-15-5-2-6-16-34)52-46(51-44)35-23-21-31(22-24-35)36-25-26-41(48-30-36)43-29-37(28-42(49-43)40-20-9-10-27-47-40)39-19-11-17-32-12-7-8-18-38(32)39/h1-30H. The van der Waals surface area contributed by atoms with E-state index >= 15 is 0 Å². The van der Waals surface area contributed by atoms with Crippen molar-refractivity contribution in [1.82, 2.24) is 29.9 Å². The van der Waals surface area contributed by atoms with Crippen LogP contribution in [0.3, 0.4) is 0 Å². The second-order valence-electron chi connectivity index (χ2n) is 12.4. The molecule has 244 valence electrons. The normalized spacial score (nSPS) is 11.1. The van der Waals surface area contributed by atoms with Gasteiger partial charge in [0, 0.05) is 34.6 Å². The van der Waals surface area contributed by atoms with Crippen LogP contribution in [0.2, 0.25) is 0 Å². The summed E-state index contributed by atoms with van der Waals surface area (Å²) in [6.07, 6.45) is 3.70. The SMILES string of the molecule is c1ccc(-c2nc(-c3ccccc3)nc(-c3ccc(-c4ccc(-c5cc(-c6cccc7ccccc67)cc(-c6ccccn6)n5)nc4)cc3)n2)cc1.